The third kappa shape index (κ3) is 5.57. The van der Waals surface area contributed by atoms with Gasteiger partial charge in [0.1, 0.15) is 12.4 Å². The van der Waals surface area contributed by atoms with E-state index >= 15 is 0 Å². The Bertz CT molecular complexity index is 1070. The predicted molar refractivity (Wildman–Crippen MR) is 135 cm³/mol. The number of nitrogens with zero attached hydrogens (tertiary/aromatic N) is 3. The van der Waals surface area contributed by atoms with Crippen LogP contribution in [-0.4, -0.2) is 51.7 Å². The van der Waals surface area contributed by atoms with Crippen LogP contribution in [-0.2, 0) is 11.3 Å². The number of rotatable bonds is 8. The van der Waals surface area contributed by atoms with Gasteiger partial charge in [0.2, 0.25) is 5.91 Å². The molecule has 180 valence electrons. The Balaban J connectivity index is 1.81. The van der Waals surface area contributed by atoms with Crippen molar-refractivity contribution in [3.63, 3.8) is 0 Å². The quantitative estimate of drug-likeness (QED) is 0.531. The molecule has 1 saturated heterocycles. The lowest BCUT2D eigenvalue weighted by atomic mass is 9.84. The lowest BCUT2D eigenvalue weighted by Crippen LogP contribution is -2.46. The topological polar surface area (TPSA) is 70.4 Å². The van der Waals surface area contributed by atoms with Crippen LogP contribution in [0.4, 0.5) is 0 Å². The Morgan fingerprint density at radius 2 is 1.82 bits per heavy atom. The molecule has 0 bridgehead atoms. The Morgan fingerprint density at radius 3 is 2.41 bits per heavy atom. The SMILES string of the molecule is CC(C)(C)[C@H](c1nc(-c2ccccc2)cn1Cc1ccccc1)N(C[C@H]1CCNC1)C(=O)CO. The van der Waals surface area contributed by atoms with E-state index in [1.165, 1.54) is 5.56 Å². The normalized spacial score (nSPS) is 17.0. The molecular weight excluding hydrogens is 424 g/mol. The summed E-state index contributed by atoms with van der Waals surface area (Å²) < 4.78 is 2.18. The van der Waals surface area contributed by atoms with Crippen LogP contribution in [0.1, 0.15) is 44.6 Å². The second-order valence-electron chi connectivity index (χ2n) is 10.3. The van der Waals surface area contributed by atoms with E-state index in [2.05, 4.69) is 61.1 Å². The maximum absolute atomic E-state index is 13.1. The molecule has 0 radical (unpaired) electrons. The Hall–Kier alpha value is -2.96. The van der Waals surface area contributed by atoms with Crippen molar-refractivity contribution in [2.75, 3.05) is 26.2 Å². The lowest BCUT2D eigenvalue weighted by Gasteiger charge is -2.41. The average Bonchev–Trinajstić information content (AvgIpc) is 3.49. The molecule has 0 unspecified atom stereocenters. The van der Waals surface area contributed by atoms with Crippen molar-refractivity contribution in [1.29, 1.82) is 0 Å². The zero-order valence-electron chi connectivity index (χ0n) is 20.4. The van der Waals surface area contributed by atoms with Crippen molar-refractivity contribution in [2.45, 2.75) is 39.8 Å². The predicted octanol–water partition coefficient (Wildman–Crippen LogP) is 4.12. The van der Waals surface area contributed by atoms with E-state index in [1.807, 2.05) is 41.3 Å². The van der Waals surface area contributed by atoms with Gasteiger partial charge < -0.3 is 19.9 Å². The summed E-state index contributed by atoms with van der Waals surface area (Å²) >= 11 is 0. The van der Waals surface area contributed by atoms with E-state index < -0.39 is 6.61 Å². The summed E-state index contributed by atoms with van der Waals surface area (Å²) in [6.07, 6.45) is 3.12. The van der Waals surface area contributed by atoms with Crippen LogP contribution in [0.15, 0.2) is 66.9 Å². The number of carbonyl (C=O) groups is 1. The number of hydrogen-bond donors (Lipinski definition) is 2. The van der Waals surface area contributed by atoms with Crippen LogP contribution in [0.25, 0.3) is 11.3 Å². The van der Waals surface area contributed by atoms with Crippen LogP contribution in [0, 0.1) is 11.3 Å². The van der Waals surface area contributed by atoms with E-state index in [0.717, 1.165) is 36.6 Å². The molecule has 34 heavy (non-hydrogen) atoms. The van der Waals surface area contributed by atoms with Crippen molar-refractivity contribution in [3.05, 3.63) is 78.2 Å². The molecule has 6 nitrogen and oxygen atoms in total. The van der Waals surface area contributed by atoms with Crippen LogP contribution in [0.3, 0.4) is 0 Å². The van der Waals surface area contributed by atoms with Crippen molar-refractivity contribution in [1.82, 2.24) is 19.8 Å². The summed E-state index contributed by atoms with van der Waals surface area (Å²) in [5.74, 6) is 0.969. The number of carbonyl (C=O) groups excluding carboxylic acids is 1. The van der Waals surface area contributed by atoms with Crippen molar-refractivity contribution >= 4 is 5.91 Å². The second-order valence-corrected chi connectivity index (χ2v) is 10.3. The molecular formula is C28H36N4O2. The fourth-order valence-electron chi connectivity index (χ4n) is 4.89. The van der Waals surface area contributed by atoms with Gasteiger partial charge in [0.25, 0.3) is 0 Å². The first-order valence-corrected chi connectivity index (χ1v) is 12.1. The van der Waals surface area contributed by atoms with Gasteiger partial charge in [-0.05, 0) is 36.4 Å². The molecule has 6 heteroatoms. The van der Waals surface area contributed by atoms with Gasteiger partial charge in [-0.25, -0.2) is 4.98 Å². The minimum absolute atomic E-state index is 0.248. The maximum Gasteiger partial charge on any atom is 0.248 e. The van der Waals surface area contributed by atoms with Crippen LogP contribution < -0.4 is 5.32 Å². The largest absolute Gasteiger partial charge is 0.387 e. The molecule has 2 atom stereocenters. The number of benzene rings is 2. The highest BCUT2D eigenvalue weighted by Gasteiger charge is 2.39. The lowest BCUT2D eigenvalue weighted by molar-refractivity contribution is -0.140. The summed E-state index contributed by atoms with van der Waals surface area (Å²) in [6.45, 7) is 9.05. The summed E-state index contributed by atoms with van der Waals surface area (Å²) in [4.78, 5) is 20.1. The van der Waals surface area contributed by atoms with Gasteiger partial charge in [0.05, 0.1) is 11.7 Å². The van der Waals surface area contributed by atoms with Crippen LogP contribution in [0.5, 0.6) is 0 Å². The van der Waals surface area contributed by atoms with Gasteiger partial charge in [-0.1, -0.05) is 81.4 Å². The zero-order valence-corrected chi connectivity index (χ0v) is 20.4. The number of aliphatic hydroxyl groups is 1. The van der Waals surface area contributed by atoms with Crippen molar-refractivity contribution < 1.29 is 9.90 Å². The highest BCUT2D eigenvalue weighted by molar-refractivity contribution is 5.77. The van der Waals surface area contributed by atoms with Gasteiger partial charge in [-0.2, -0.15) is 0 Å². The molecule has 1 amide bonds. The van der Waals surface area contributed by atoms with E-state index in [1.54, 1.807) is 0 Å². The zero-order chi connectivity index (χ0) is 24.1. The number of hydrogen-bond acceptors (Lipinski definition) is 4. The smallest absolute Gasteiger partial charge is 0.248 e. The molecule has 1 fully saturated rings. The molecule has 0 spiro atoms. The van der Waals surface area contributed by atoms with E-state index in [4.69, 9.17) is 4.98 Å². The Kier molecular flexibility index (Phi) is 7.49. The Labute approximate surface area is 202 Å². The van der Waals surface area contributed by atoms with Gasteiger partial charge in [0, 0.05) is 24.8 Å². The molecule has 2 heterocycles. The van der Waals surface area contributed by atoms with E-state index in [0.29, 0.717) is 19.0 Å². The highest BCUT2D eigenvalue weighted by atomic mass is 16.3. The number of imidazole rings is 1. The van der Waals surface area contributed by atoms with Gasteiger partial charge in [-0.15, -0.1) is 0 Å². The third-order valence-electron chi connectivity index (χ3n) is 6.52. The summed E-state index contributed by atoms with van der Waals surface area (Å²) in [5, 5.41) is 13.3. The molecule has 3 aromatic rings. The molecule has 1 aliphatic rings. The standard InChI is InChI=1S/C28H36N4O2/c1-28(2,3)26(32(25(34)20-33)18-22-14-15-29-16-22)27-30-24(23-12-8-5-9-13-23)19-31(27)17-21-10-6-4-7-11-21/h4-13,19,22,26,29,33H,14-18,20H2,1-3H3/t22-,26-/m0/s1. The molecule has 4 rings (SSSR count). The first-order valence-electron chi connectivity index (χ1n) is 12.1. The van der Waals surface area contributed by atoms with Gasteiger partial charge in [-0.3, -0.25) is 4.79 Å². The summed E-state index contributed by atoms with van der Waals surface area (Å²) in [6, 6.07) is 20.2. The van der Waals surface area contributed by atoms with Gasteiger partial charge >= 0.3 is 0 Å². The molecule has 2 N–H and O–H groups in total. The van der Waals surface area contributed by atoms with E-state index in [9.17, 15) is 9.90 Å². The molecule has 0 saturated carbocycles. The van der Waals surface area contributed by atoms with Gasteiger partial charge in [0.15, 0.2) is 0 Å². The number of aromatic nitrogens is 2. The van der Waals surface area contributed by atoms with Crippen molar-refractivity contribution in [2.24, 2.45) is 11.3 Å². The van der Waals surface area contributed by atoms with Crippen LogP contribution in [0.2, 0.25) is 0 Å². The minimum atomic E-state index is -0.502. The number of nitrogens with one attached hydrogen (secondary N) is 1. The maximum atomic E-state index is 13.1. The summed E-state index contributed by atoms with van der Waals surface area (Å²) in [7, 11) is 0. The fraction of sp³-hybridized carbons (Fsp3) is 0.429. The minimum Gasteiger partial charge on any atom is -0.387 e. The fourth-order valence-corrected chi connectivity index (χ4v) is 4.89. The molecule has 2 aromatic carbocycles. The summed E-state index contributed by atoms with van der Waals surface area (Å²) in [5.41, 5.74) is 2.82. The first-order chi connectivity index (χ1) is 16.4. The van der Waals surface area contributed by atoms with Crippen molar-refractivity contribution in [3.8, 4) is 11.3 Å². The van der Waals surface area contributed by atoms with Crippen LogP contribution >= 0.6 is 0 Å². The first kappa shape index (κ1) is 24.2. The number of amides is 1. The van der Waals surface area contributed by atoms with E-state index in [-0.39, 0.29) is 17.4 Å². The molecule has 1 aromatic heterocycles. The molecule has 1 aliphatic heterocycles. The molecule has 0 aliphatic carbocycles. The Morgan fingerprint density at radius 1 is 1.15 bits per heavy atom. The average molecular weight is 461 g/mol. The highest BCUT2D eigenvalue weighted by Crippen LogP contribution is 2.39. The monoisotopic (exact) mass is 460 g/mol. The number of aliphatic hydroxyl groups excluding tert-OH is 1. The second kappa shape index (κ2) is 10.5. The third-order valence-corrected chi connectivity index (χ3v) is 6.52.